The molecule has 0 aromatic heterocycles. The number of fused-ring (bicyclic) bond motifs is 2. The predicted octanol–water partition coefficient (Wildman–Crippen LogP) is 4.40. The minimum atomic E-state index is 0.998. The smallest absolute Gasteiger partial charge is 0.0435 e. The summed E-state index contributed by atoms with van der Waals surface area (Å²) in [5, 5.41) is 2.71. The molecule has 0 bridgehead atoms. The van der Waals surface area contributed by atoms with Crippen LogP contribution < -0.4 is 4.90 Å². The van der Waals surface area contributed by atoms with Crippen molar-refractivity contribution in [3.05, 3.63) is 77.9 Å². The fourth-order valence-corrected chi connectivity index (χ4v) is 3.21. The van der Waals surface area contributed by atoms with Gasteiger partial charge in [-0.25, -0.2) is 0 Å². The van der Waals surface area contributed by atoms with E-state index in [9.17, 15) is 0 Å². The predicted molar refractivity (Wildman–Crippen MR) is 85.1 cm³/mol. The van der Waals surface area contributed by atoms with Gasteiger partial charge >= 0.3 is 0 Å². The van der Waals surface area contributed by atoms with Crippen LogP contribution in [-0.4, -0.2) is 6.54 Å². The second-order valence-electron chi connectivity index (χ2n) is 5.44. The van der Waals surface area contributed by atoms with Crippen LogP contribution in [0.1, 0.15) is 11.1 Å². The van der Waals surface area contributed by atoms with Crippen LogP contribution in [0.2, 0.25) is 0 Å². The van der Waals surface area contributed by atoms with Crippen LogP contribution >= 0.6 is 0 Å². The van der Waals surface area contributed by atoms with E-state index in [1.165, 1.54) is 34.0 Å². The summed E-state index contributed by atoms with van der Waals surface area (Å²) in [4.78, 5) is 2.50. The van der Waals surface area contributed by atoms with Gasteiger partial charge in [0, 0.05) is 18.8 Å². The number of hydrogen-bond donors (Lipinski definition) is 0. The van der Waals surface area contributed by atoms with Crippen LogP contribution in [0.15, 0.2) is 66.7 Å². The molecule has 4 rings (SSSR count). The summed E-state index contributed by atoms with van der Waals surface area (Å²) < 4.78 is 0. The van der Waals surface area contributed by atoms with Crippen molar-refractivity contribution in [2.45, 2.75) is 13.0 Å². The fraction of sp³-hybridized carbons (Fsp3) is 0.158. The third-order valence-electron chi connectivity index (χ3n) is 4.22. The Hall–Kier alpha value is -2.28. The molecule has 0 fully saturated rings. The number of benzene rings is 3. The largest absolute Gasteiger partial charge is 0.367 e. The maximum atomic E-state index is 2.50. The quantitative estimate of drug-likeness (QED) is 0.659. The Kier molecular flexibility index (Phi) is 2.70. The highest BCUT2D eigenvalue weighted by Gasteiger charge is 2.18. The van der Waals surface area contributed by atoms with Crippen molar-refractivity contribution >= 4 is 16.5 Å². The lowest BCUT2D eigenvalue weighted by atomic mass is 10.0. The van der Waals surface area contributed by atoms with E-state index in [4.69, 9.17) is 0 Å². The second kappa shape index (κ2) is 4.68. The molecule has 0 aliphatic carbocycles. The topological polar surface area (TPSA) is 3.24 Å². The zero-order chi connectivity index (χ0) is 13.4. The fourth-order valence-electron chi connectivity index (χ4n) is 3.21. The second-order valence-corrected chi connectivity index (χ2v) is 5.44. The maximum Gasteiger partial charge on any atom is 0.0435 e. The Morgan fingerprint density at radius 2 is 1.60 bits per heavy atom. The molecule has 0 amide bonds. The van der Waals surface area contributed by atoms with Gasteiger partial charge in [0.05, 0.1) is 0 Å². The van der Waals surface area contributed by atoms with Gasteiger partial charge in [-0.05, 0) is 34.4 Å². The van der Waals surface area contributed by atoms with Crippen LogP contribution in [0.3, 0.4) is 0 Å². The lowest BCUT2D eigenvalue weighted by Crippen LogP contribution is -2.19. The molecule has 0 unspecified atom stereocenters. The minimum absolute atomic E-state index is 0.998. The highest BCUT2D eigenvalue weighted by molar-refractivity contribution is 5.86. The molecule has 1 nitrogen and oxygen atoms in total. The van der Waals surface area contributed by atoms with E-state index >= 15 is 0 Å². The summed E-state index contributed by atoms with van der Waals surface area (Å²) in [5.41, 5.74) is 4.30. The Balaban J connectivity index is 1.73. The van der Waals surface area contributed by atoms with Crippen molar-refractivity contribution in [1.82, 2.24) is 0 Å². The maximum absolute atomic E-state index is 2.50. The van der Waals surface area contributed by atoms with Gasteiger partial charge in [0.25, 0.3) is 0 Å². The molecule has 3 aromatic carbocycles. The summed E-state index contributed by atoms with van der Waals surface area (Å²) in [6.45, 7) is 2.13. The lowest BCUT2D eigenvalue weighted by Gasteiger charge is -2.20. The first-order valence-electron chi connectivity index (χ1n) is 7.21. The Labute approximate surface area is 119 Å². The van der Waals surface area contributed by atoms with E-state index in [0.717, 1.165) is 13.1 Å². The van der Waals surface area contributed by atoms with Gasteiger partial charge in [0.1, 0.15) is 0 Å². The van der Waals surface area contributed by atoms with E-state index in [1.807, 2.05) is 0 Å². The molecule has 1 aliphatic rings. The molecule has 3 aromatic rings. The molecule has 0 N–H and O–H groups in total. The number of nitrogens with zero attached hydrogens (tertiary/aromatic N) is 1. The number of hydrogen-bond acceptors (Lipinski definition) is 1. The van der Waals surface area contributed by atoms with Gasteiger partial charge in [-0.15, -0.1) is 0 Å². The summed E-state index contributed by atoms with van der Waals surface area (Å²) >= 11 is 0. The highest BCUT2D eigenvalue weighted by Crippen LogP contribution is 2.30. The van der Waals surface area contributed by atoms with Crippen molar-refractivity contribution in [3.63, 3.8) is 0 Å². The monoisotopic (exact) mass is 259 g/mol. The molecule has 0 saturated heterocycles. The van der Waals surface area contributed by atoms with Crippen molar-refractivity contribution < 1.29 is 0 Å². The van der Waals surface area contributed by atoms with Crippen LogP contribution in [0, 0.1) is 0 Å². The van der Waals surface area contributed by atoms with Gasteiger partial charge < -0.3 is 4.90 Å². The summed E-state index contributed by atoms with van der Waals surface area (Å²) in [6, 6.07) is 24.0. The van der Waals surface area contributed by atoms with Gasteiger partial charge in [0.2, 0.25) is 0 Å². The SMILES string of the molecule is c1ccc2c(c1)CCN2Cc1cccc2ccccc12. The molecule has 0 atom stereocenters. The summed E-state index contributed by atoms with van der Waals surface area (Å²) in [6.07, 6.45) is 1.17. The third-order valence-corrected chi connectivity index (χ3v) is 4.22. The molecule has 0 spiro atoms. The summed E-state index contributed by atoms with van der Waals surface area (Å²) in [5.74, 6) is 0. The van der Waals surface area contributed by atoms with Gasteiger partial charge in [-0.1, -0.05) is 60.7 Å². The Morgan fingerprint density at radius 3 is 2.60 bits per heavy atom. The average Bonchev–Trinajstić information content (AvgIpc) is 2.91. The van der Waals surface area contributed by atoms with E-state index < -0.39 is 0 Å². The first-order valence-corrected chi connectivity index (χ1v) is 7.21. The normalized spacial score (nSPS) is 13.7. The number of anilines is 1. The van der Waals surface area contributed by atoms with Gasteiger partial charge in [-0.2, -0.15) is 0 Å². The molecule has 20 heavy (non-hydrogen) atoms. The number of rotatable bonds is 2. The molecular formula is C19H17N. The zero-order valence-corrected chi connectivity index (χ0v) is 11.4. The molecule has 1 heterocycles. The van der Waals surface area contributed by atoms with Gasteiger partial charge in [-0.3, -0.25) is 0 Å². The Bertz CT molecular complexity index is 755. The molecule has 1 heteroatoms. The highest BCUT2D eigenvalue weighted by atomic mass is 15.1. The van der Waals surface area contributed by atoms with E-state index in [0.29, 0.717) is 0 Å². The zero-order valence-electron chi connectivity index (χ0n) is 11.4. The van der Waals surface area contributed by atoms with E-state index in [-0.39, 0.29) is 0 Å². The van der Waals surface area contributed by atoms with E-state index in [2.05, 4.69) is 71.6 Å². The number of para-hydroxylation sites is 1. The van der Waals surface area contributed by atoms with Crippen LogP contribution in [-0.2, 0) is 13.0 Å². The standard InChI is InChI=1S/C19H17N/c1-3-10-18-15(6-1)8-5-9-17(18)14-20-13-12-16-7-2-4-11-19(16)20/h1-11H,12-14H2. The van der Waals surface area contributed by atoms with Crippen molar-refractivity contribution in [2.24, 2.45) is 0 Å². The molecule has 0 saturated carbocycles. The minimum Gasteiger partial charge on any atom is -0.367 e. The first kappa shape index (κ1) is 11.5. The molecule has 98 valence electrons. The van der Waals surface area contributed by atoms with Crippen LogP contribution in [0.5, 0.6) is 0 Å². The van der Waals surface area contributed by atoms with Crippen molar-refractivity contribution in [3.8, 4) is 0 Å². The summed E-state index contributed by atoms with van der Waals surface area (Å²) in [7, 11) is 0. The lowest BCUT2D eigenvalue weighted by molar-refractivity contribution is 0.840. The molecule has 1 aliphatic heterocycles. The molecular weight excluding hydrogens is 242 g/mol. The average molecular weight is 259 g/mol. The van der Waals surface area contributed by atoms with Crippen molar-refractivity contribution in [2.75, 3.05) is 11.4 Å². The third kappa shape index (κ3) is 1.87. The van der Waals surface area contributed by atoms with E-state index in [1.54, 1.807) is 0 Å². The Morgan fingerprint density at radius 1 is 0.800 bits per heavy atom. The van der Waals surface area contributed by atoms with Crippen molar-refractivity contribution in [1.29, 1.82) is 0 Å². The molecule has 0 radical (unpaired) electrons. The van der Waals surface area contributed by atoms with Crippen LogP contribution in [0.4, 0.5) is 5.69 Å². The van der Waals surface area contributed by atoms with Crippen LogP contribution in [0.25, 0.3) is 10.8 Å². The van der Waals surface area contributed by atoms with Gasteiger partial charge in [0.15, 0.2) is 0 Å². The first-order chi connectivity index (χ1) is 9.92.